The Hall–Kier alpha value is -2.67. The molecule has 26 heavy (non-hydrogen) atoms. The third-order valence-electron chi connectivity index (χ3n) is 5.57. The zero-order valence-corrected chi connectivity index (χ0v) is 15.5. The Morgan fingerprint density at radius 2 is 1.42 bits per heavy atom. The molecule has 0 amide bonds. The maximum atomic E-state index is 4.62. The van der Waals surface area contributed by atoms with E-state index in [2.05, 4.69) is 85.6 Å². The molecule has 1 heteroatoms. The van der Waals surface area contributed by atoms with Crippen molar-refractivity contribution in [2.75, 3.05) is 0 Å². The van der Waals surface area contributed by atoms with Gasteiger partial charge in [-0.15, -0.1) is 0 Å². The van der Waals surface area contributed by atoms with Crippen molar-refractivity contribution in [3.8, 4) is 0 Å². The first-order valence-corrected chi connectivity index (χ1v) is 9.55. The van der Waals surface area contributed by atoms with Crippen LogP contribution in [0.5, 0.6) is 0 Å². The quantitative estimate of drug-likeness (QED) is 0.379. The third-order valence-corrected chi connectivity index (χ3v) is 5.57. The second-order valence-electron chi connectivity index (χ2n) is 7.41. The van der Waals surface area contributed by atoms with Gasteiger partial charge in [0, 0.05) is 11.6 Å². The molecular formula is C25H25N. The van der Waals surface area contributed by atoms with Gasteiger partial charge in [-0.1, -0.05) is 80.6 Å². The van der Waals surface area contributed by atoms with Crippen LogP contribution in [0.1, 0.15) is 49.7 Å². The van der Waals surface area contributed by atoms with E-state index < -0.39 is 0 Å². The summed E-state index contributed by atoms with van der Waals surface area (Å²) in [5.74, 6) is 1.07. The number of hydrogen-bond acceptors (Lipinski definition) is 1. The Balaban J connectivity index is 1.50. The molecule has 0 saturated heterocycles. The van der Waals surface area contributed by atoms with Gasteiger partial charge in [0.25, 0.3) is 0 Å². The van der Waals surface area contributed by atoms with Crippen LogP contribution in [0.4, 0.5) is 0 Å². The summed E-state index contributed by atoms with van der Waals surface area (Å²) in [5, 5.41) is 3.89. The van der Waals surface area contributed by atoms with Crippen molar-refractivity contribution in [3.63, 3.8) is 0 Å². The molecular weight excluding hydrogens is 314 g/mol. The van der Waals surface area contributed by atoms with Crippen LogP contribution in [0.3, 0.4) is 0 Å². The molecule has 130 valence electrons. The molecule has 0 N–H and O–H groups in total. The molecule has 4 aromatic rings. The maximum Gasteiger partial charge on any atom is 0.0736 e. The van der Waals surface area contributed by atoms with Crippen LogP contribution in [0.25, 0.3) is 21.7 Å². The van der Waals surface area contributed by atoms with E-state index in [0.29, 0.717) is 11.8 Å². The van der Waals surface area contributed by atoms with Gasteiger partial charge >= 0.3 is 0 Å². The predicted molar refractivity (Wildman–Crippen MR) is 112 cm³/mol. The Kier molecular flexibility index (Phi) is 4.71. The number of fused-ring (bicyclic) bond motifs is 2. The first kappa shape index (κ1) is 16.8. The first-order chi connectivity index (χ1) is 12.7. The van der Waals surface area contributed by atoms with Gasteiger partial charge in [0.2, 0.25) is 0 Å². The van der Waals surface area contributed by atoms with Crippen LogP contribution in [0.2, 0.25) is 0 Å². The molecule has 1 heterocycles. The second-order valence-corrected chi connectivity index (χ2v) is 7.41. The van der Waals surface area contributed by atoms with Crippen LogP contribution in [-0.2, 0) is 0 Å². The number of rotatable bonds is 5. The minimum absolute atomic E-state index is 0.511. The van der Waals surface area contributed by atoms with E-state index in [1.165, 1.54) is 40.1 Å². The molecule has 3 aromatic carbocycles. The first-order valence-electron chi connectivity index (χ1n) is 9.55. The lowest BCUT2D eigenvalue weighted by Gasteiger charge is -2.18. The monoisotopic (exact) mass is 339 g/mol. The summed E-state index contributed by atoms with van der Waals surface area (Å²) in [6.45, 7) is 4.68. The van der Waals surface area contributed by atoms with Gasteiger partial charge in [-0.25, -0.2) is 0 Å². The van der Waals surface area contributed by atoms with Crippen molar-refractivity contribution in [1.29, 1.82) is 0 Å². The molecule has 0 bridgehead atoms. The van der Waals surface area contributed by atoms with Gasteiger partial charge in [-0.2, -0.15) is 0 Å². The fraction of sp³-hybridized carbons (Fsp3) is 0.240. The summed E-state index contributed by atoms with van der Waals surface area (Å²) in [4.78, 5) is 4.62. The summed E-state index contributed by atoms with van der Waals surface area (Å²) < 4.78 is 0. The smallest absolute Gasteiger partial charge is 0.0736 e. The Morgan fingerprint density at radius 3 is 2.31 bits per heavy atom. The van der Waals surface area contributed by atoms with Crippen molar-refractivity contribution in [1.82, 2.24) is 4.98 Å². The molecule has 2 atom stereocenters. The number of para-hydroxylation sites is 1. The molecule has 0 aliphatic carbocycles. The summed E-state index contributed by atoms with van der Waals surface area (Å²) >= 11 is 0. The number of aromatic nitrogens is 1. The molecule has 2 unspecified atom stereocenters. The summed E-state index contributed by atoms with van der Waals surface area (Å²) in [6.07, 6.45) is 4.25. The summed E-state index contributed by atoms with van der Waals surface area (Å²) in [7, 11) is 0. The predicted octanol–water partition coefficient (Wildman–Crippen LogP) is 7.08. The fourth-order valence-electron chi connectivity index (χ4n) is 3.86. The number of nitrogens with zero attached hydrogens (tertiary/aromatic N) is 1. The highest BCUT2D eigenvalue weighted by Crippen LogP contribution is 2.31. The van der Waals surface area contributed by atoms with Crippen LogP contribution < -0.4 is 0 Å². The maximum absolute atomic E-state index is 4.62. The third kappa shape index (κ3) is 3.35. The van der Waals surface area contributed by atoms with Crippen molar-refractivity contribution in [3.05, 3.63) is 90.1 Å². The van der Waals surface area contributed by atoms with Crippen LogP contribution >= 0.6 is 0 Å². The summed E-state index contributed by atoms with van der Waals surface area (Å²) in [5.41, 5.74) is 3.96. The zero-order chi connectivity index (χ0) is 17.9. The molecule has 1 aromatic heterocycles. The van der Waals surface area contributed by atoms with Crippen LogP contribution in [0, 0.1) is 0 Å². The van der Waals surface area contributed by atoms with E-state index >= 15 is 0 Å². The van der Waals surface area contributed by atoms with Crippen LogP contribution in [0.15, 0.2) is 79.0 Å². The molecule has 1 nitrogen and oxygen atoms in total. The van der Waals surface area contributed by atoms with E-state index in [-0.39, 0.29) is 0 Å². The Bertz CT molecular complexity index is 1030. The van der Waals surface area contributed by atoms with Gasteiger partial charge in [-0.3, -0.25) is 4.98 Å². The number of benzene rings is 3. The van der Waals surface area contributed by atoms with Gasteiger partial charge in [0.05, 0.1) is 5.52 Å². The van der Waals surface area contributed by atoms with E-state index in [9.17, 15) is 0 Å². The zero-order valence-electron chi connectivity index (χ0n) is 15.5. The lowest BCUT2D eigenvalue weighted by atomic mass is 9.88. The minimum atomic E-state index is 0.511. The Morgan fingerprint density at radius 1 is 0.692 bits per heavy atom. The molecule has 0 fully saturated rings. The average Bonchev–Trinajstić information content (AvgIpc) is 2.71. The molecule has 0 saturated carbocycles. The van der Waals surface area contributed by atoms with Gasteiger partial charge in [0.1, 0.15) is 0 Å². The van der Waals surface area contributed by atoms with E-state index in [1.807, 2.05) is 12.3 Å². The molecule has 0 radical (unpaired) electrons. The lowest BCUT2D eigenvalue weighted by molar-refractivity contribution is 0.576. The van der Waals surface area contributed by atoms with E-state index in [4.69, 9.17) is 0 Å². The standard InChI is InChI=1S/C25H25N/c1-18(22-15-14-20-7-3-4-8-23(20)17-22)12-13-19(2)24-11-5-9-21-10-6-16-26-25(21)24/h3-11,14-19H,12-13H2,1-2H3. The highest BCUT2D eigenvalue weighted by molar-refractivity contribution is 5.83. The summed E-state index contributed by atoms with van der Waals surface area (Å²) in [6, 6.07) is 26.2. The molecule has 0 aliphatic rings. The van der Waals surface area contributed by atoms with Crippen molar-refractivity contribution in [2.24, 2.45) is 0 Å². The van der Waals surface area contributed by atoms with Gasteiger partial charge < -0.3 is 0 Å². The van der Waals surface area contributed by atoms with Crippen molar-refractivity contribution < 1.29 is 0 Å². The molecule has 0 spiro atoms. The largest absolute Gasteiger partial charge is 0.256 e. The van der Waals surface area contributed by atoms with E-state index in [1.54, 1.807) is 0 Å². The second kappa shape index (κ2) is 7.29. The topological polar surface area (TPSA) is 12.9 Å². The van der Waals surface area contributed by atoms with E-state index in [0.717, 1.165) is 5.52 Å². The highest BCUT2D eigenvalue weighted by atomic mass is 14.6. The number of hydrogen-bond donors (Lipinski definition) is 0. The van der Waals surface area contributed by atoms with Crippen LogP contribution in [-0.4, -0.2) is 4.98 Å². The Labute approximate surface area is 155 Å². The lowest BCUT2D eigenvalue weighted by Crippen LogP contribution is -2.00. The normalized spacial score (nSPS) is 13.8. The molecule has 0 aliphatic heterocycles. The average molecular weight is 339 g/mol. The number of pyridine rings is 1. The minimum Gasteiger partial charge on any atom is -0.256 e. The fourth-order valence-corrected chi connectivity index (χ4v) is 3.86. The van der Waals surface area contributed by atoms with Crippen molar-refractivity contribution >= 4 is 21.7 Å². The van der Waals surface area contributed by atoms with Crippen molar-refractivity contribution in [2.45, 2.75) is 38.5 Å². The molecule has 4 rings (SSSR count). The van der Waals surface area contributed by atoms with Gasteiger partial charge in [0.15, 0.2) is 0 Å². The highest BCUT2D eigenvalue weighted by Gasteiger charge is 2.13. The SMILES string of the molecule is CC(CCC(C)c1cccc2cccnc12)c1ccc2ccccc2c1. The van der Waals surface area contributed by atoms with Gasteiger partial charge in [-0.05, 0) is 52.6 Å².